The highest BCUT2D eigenvalue weighted by atomic mass is 16.4. The molecule has 1 aliphatic heterocycles. The van der Waals surface area contributed by atoms with Gasteiger partial charge >= 0.3 is 5.97 Å². The summed E-state index contributed by atoms with van der Waals surface area (Å²) in [6.07, 6.45) is 3.57. The van der Waals surface area contributed by atoms with E-state index in [1.165, 1.54) is 0 Å². The number of carboxylic acids is 1. The highest BCUT2D eigenvalue weighted by Gasteiger charge is 2.25. The molecular formula is C12H7NO2. The van der Waals surface area contributed by atoms with Crippen LogP contribution in [0.5, 0.6) is 0 Å². The average Bonchev–Trinajstić information content (AvgIpc) is 2.73. The van der Waals surface area contributed by atoms with Crippen LogP contribution in [0.4, 0.5) is 0 Å². The Morgan fingerprint density at radius 2 is 2.00 bits per heavy atom. The van der Waals surface area contributed by atoms with Crippen LogP contribution in [0, 0.1) is 0 Å². The fourth-order valence-corrected chi connectivity index (χ4v) is 1.87. The number of allylic oxidation sites excluding steroid dienone is 2. The molecule has 1 aromatic rings. The van der Waals surface area contributed by atoms with Gasteiger partial charge in [0.05, 0.1) is 5.71 Å². The Kier molecular flexibility index (Phi) is 1.45. The van der Waals surface area contributed by atoms with Gasteiger partial charge in [-0.25, -0.2) is 9.79 Å². The summed E-state index contributed by atoms with van der Waals surface area (Å²) in [6.45, 7) is 0. The maximum atomic E-state index is 10.7. The first-order valence-corrected chi connectivity index (χ1v) is 4.61. The monoisotopic (exact) mass is 197 g/mol. The van der Waals surface area contributed by atoms with E-state index in [1.54, 1.807) is 6.08 Å². The van der Waals surface area contributed by atoms with Crippen molar-refractivity contribution < 1.29 is 9.90 Å². The van der Waals surface area contributed by atoms with Gasteiger partial charge in [0, 0.05) is 11.1 Å². The molecule has 3 nitrogen and oxygen atoms in total. The summed E-state index contributed by atoms with van der Waals surface area (Å²) in [6, 6.07) is 7.84. The zero-order valence-electron chi connectivity index (χ0n) is 7.77. The van der Waals surface area contributed by atoms with Crippen molar-refractivity contribution in [3.8, 4) is 0 Å². The van der Waals surface area contributed by atoms with E-state index < -0.39 is 5.97 Å². The number of nitrogens with zero attached hydrogens (tertiary/aromatic N) is 1. The molecule has 0 unspecified atom stereocenters. The van der Waals surface area contributed by atoms with Gasteiger partial charge < -0.3 is 5.11 Å². The molecule has 1 aromatic carbocycles. The van der Waals surface area contributed by atoms with Gasteiger partial charge in [-0.05, 0) is 17.7 Å². The second-order valence-electron chi connectivity index (χ2n) is 3.48. The smallest absolute Gasteiger partial charge is 0.354 e. The molecule has 1 N–H and O–H groups in total. The van der Waals surface area contributed by atoms with Crippen LogP contribution in [0.25, 0.3) is 6.08 Å². The summed E-state index contributed by atoms with van der Waals surface area (Å²) in [5, 5.41) is 8.81. The molecule has 0 amide bonds. The first kappa shape index (κ1) is 8.17. The molecule has 3 rings (SSSR count). The number of benzene rings is 1. The molecule has 72 valence electrons. The lowest BCUT2D eigenvalue weighted by atomic mass is 10.1. The third-order valence-electron chi connectivity index (χ3n) is 2.54. The number of rotatable bonds is 1. The quantitative estimate of drug-likeness (QED) is 0.746. The van der Waals surface area contributed by atoms with E-state index in [4.69, 9.17) is 5.11 Å². The minimum atomic E-state index is -0.977. The van der Waals surface area contributed by atoms with Crippen LogP contribution in [0.15, 0.2) is 46.6 Å². The lowest BCUT2D eigenvalue weighted by Crippen LogP contribution is -1.97. The lowest BCUT2D eigenvalue weighted by molar-refractivity contribution is -0.132. The molecule has 3 heteroatoms. The topological polar surface area (TPSA) is 49.7 Å². The van der Waals surface area contributed by atoms with Crippen molar-refractivity contribution in [2.24, 2.45) is 4.99 Å². The number of aliphatic carboxylic acids is 1. The molecule has 0 saturated heterocycles. The minimum absolute atomic E-state index is 0.116. The second kappa shape index (κ2) is 2.67. The van der Waals surface area contributed by atoms with Crippen LogP contribution in [-0.4, -0.2) is 16.8 Å². The van der Waals surface area contributed by atoms with Gasteiger partial charge in [0.15, 0.2) is 0 Å². The van der Waals surface area contributed by atoms with Crippen LogP contribution in [0.2, 0.25) is 0 Å². The highest BCUT2D eigenvalue weighted by Crippen LogP contribution is 2.31. The summed E-state index contributed by atoms with van der Waals surface area (Å²) >= 11 is 0. The Hall–Kier alpha value is -2.16. The molecule has 0 aromatic heterocycles. The van der Waals surface area contributed by atoms with E-state index in [-0.39, 0.29) is 5.70 Å². The molecule has 0 spiro atoms. The van der Waals surface area contributed by atoms with Crippen LogP contribution >= 0.6 is 0 Å². The van der Waals surface area contributed by atoms with Crippen molar-refractivity contribution >= 4 is 17.8 Å². The Balaban J connectivity index is 2.16. The predicted octanol–water partition coefficient (Wildman–Crippen LogP) is 1.85. The Morgan fingerprint density at radius 3 is 2.80 bits per heavy atom. The van der Waals surface area contributed by atoms with Gasteiger partial charge in [-0.3, -0.25) is 0 Å². The van der Waals surface area contributed by atoms with E-state index in [1.807, 2.05) is 30.3 Å². The standard InChI is InChI=1S/C12H7NO2/c14-12(15)10-6-8-5-7-3-1-2-4-9(7)11(8)13-10/h1-6H,(H,14,15). The van der Waals surface area contributed by atoms with E-state index in [9.17, 15) is 4.79 Å². The fourth-order valence-electron chi connectivity index (χ4n) is 1.87. The van der Waals surface area contributed by atoms with E-state index in [0.29, 0.717) is 0 Å². The van der Waals surface area contributed by atoms with Gasteiger partial charge in [-0.15, -0.1) is 0 Å². The van der Waals surface area contributed by atoms with Gasteiger partial charge in [0.1, 0.15) is 5.70 Å². The van der Waals surface area contributed by atoms with Gasteiger partial charge in [-0.2, -0.15) is 0 Å². The number of aliphatic imine (C=N–C) groups is 1. The Bertz CT molecular complexity index is 565. The predicted molar refractivity (Wildman–Crippen MR) is 56.7 cm³/mol. The summed E-state index contributed by atoms with van der Waals surface area (Å²) in [7, 11) is 0. The van der Waals surface area contributed by atoms with E-state index in [2.05, 4.69) is 4.99 Å². The maximum absolute atomic E-state index is 10.7. The third kappa shape index (κ3) is 1.06. The summed E-state index contributed by atoms with van der Waals surface area (Å²) < 4.78 is 0. The van der Waals surface area contributed by atoms with Crippen LogP contribution in [0.1, 0.15) is 11.1 Å². The Labute approximate surface area is 86.1 Å². The van der Waals surface area contributed by atoms with Crippen molar-refractivity contribution in [2.45, 2.75) is 0 Å². The molecule has 15 heavy (non-hydrogen) atoms. The second-order valence-corrected chi connectivity index (χ2v) is 3.48. The van der Waals surface area contributed by atoms with Crippen molar-refractivity contribution in [3.05, 3.63) is 52.7 Å². The highest BCUT2D eigenvalue weighted by molar-refractivity contribution is 6.26. The number of carbonyl (C=O) groups is 1. The SMILES string of the molecule is O=C(O)C1=CC2=Cc3ccccc3C2=N1. The van der Waals surface area contributed by atoms with Crippen LogP contribution < -0.4 is 0 Å². The maximum Gasteiger partial charge on any atom is 0.354 e. The molecule has 1 heterocycles. The molecule has 1 aliphatic carbocycles. The van der Waals surface area contributed by atoms with Crippen LogP contribution in [-0.2, 0) is 4.79 Å². The summed E-state index contributed by atoms with van der Waals surface area (Å²) in [5.74, 6) is -0.977. The third-order valence-corrected chi connectivity index (χ3v) is 2.54. The Morgan fingerprint density at radius 1 is 1.20 bits per heavy atom. The van der Waals surface area contributed by atoms with Crippen molar-refractivity contribution in [1.29, 1.82) is 0 Å². The normalized spacial score (nSPS) is 16.4. The lowest BCUT2D eigenvalue weighted by Gasteiger charge is -1.97. The van der Waals surface area contributed by atoms with Crippen molar-refractivity contribution in [3.63, 3.8) is 0 Å². The molecule has 2 aliphatic rings. The molecular weight excluding hydrogens is 190 g/mol. The summed E-state index contributed by atoms with van der Waals surface area (Å²) in [5.41, 5.74) is 3.91. The zero-order valence-corrected chi connectivity index (χ0v) is 7.77. The minimum Gasteiger partial charge on any atom is -0.477 e. The number of hydrogen-bond acceptors (Lipinski definition) is 2. The summed E-state index contributed by atoms with van der Waals surface area (Å²) in [4.78, 5) is 14.8. The number of fused-ring (bicyclic) bond motifs is 3. The number of hydrogen-bond donors (Lipinski definition) is 1. The van der Waals surface area contributed by atoms with Crippen LogP contribution in [0.3, 0.4) is 0 Å². The van der Waals surface area contributed by atoms with Crippen molar-refractivity contribution in [2.75, 3.05) is 0 Å². The largest absolute Gasteiger partial charge is 0.477 e. The zero-order chi connectivity index (χ0) is 10.4. The van der Waals surface area contributed by atoms with E-state index in [0.717, 1.165) is 22.4 Å². The molecule has 0 radical (unpaired) electrons. The molecule has 0 saturated carbocycles. The fraction of sp³-hybridized carbons (Fsp3) is 0. The van der Waals surface area contributed by atoms with Gasteiger partial charge in [0.25, 0.3) is 0 Å². The first-order valence-electron chi connectivity index (χ1n) is 4.61. The molecule has 0 fully saturated rings. The number of carboxylic acid groups (broad SMARTS) is 1. The van der Waals surface area contributed by atoms with E-state index >= 15 is 0 Å². The van der Waals surface area contributed by atoms with Gasteiger partial charge in [0.2, 0.25) is 0 Å². The molecule has 0 bridgehead atoms. The first-order chi connectivity index (χ1) is 7.25. The molecule has 0 atom stereocenters. The van der Waals surface area contributed by atoms with Gasteiger partial charge in [-0.1, -0.05) is 24.3 Å². The van der Waals surface area contributed by atoms with Crippen molar-refractivity contribution in [1.82, 2.24) is 0 Å². The average molecular weight is 197 g/mol.